The van der Waals surface area contributed by atoms with E-state index in [1.807, 2.05) is 6.07 Å². The Hall–Kier alpha value is -2.15. The number of nitriles is 1. The van der Waals surface area contributed by atoms with Gasteiger partial charge in [-0.2, -0.15) is 5.26 Å². The summed E-state index contributed by atoms with van der Waals surface area (Å²) in [5, 5.41) is 9.33. The molecule has 0 aliphatic rings. The summed E-state index contributed by atoms with van der Waals surface area (Å²) in [6.45, 7) is 0. The summed E-state index contributed by atoms with van der Waals surface area (Å²) in [5.74, 6) is -0.0142. The lowest BCUT2D eigenvalue weighted by Crippen LogP contribution is -1.92. The molecule has 0 N–H and O–H groups in total. The zero-order valence-electron chi connectivity index (χ0n) is 7.99. The topological polar surface area (TPSA) is 45.9 Å². The lowest BCUT2D eigenvalue weighted by atomic mass is 10.1. The number of halogens is 1. The smallest absolute Gasteiger partial charge is 0.147 e. The zero-order valence-corrected chi connectivity index (χ0v) is 7.99. The van der Waals surface area contributed by atoms with E-state index in [0.717, 1.165) is 0 Å². The zero-order chi connectivity index (χ0) is 10.8. The molecule has 2 rings (SSSR count). The fraction of sp³-hybridized carbons (Fsp3) is 0.0909. The van der Waals surface area contributed by atoms with Crippen molar-refractivity contribution in [1.29, 1.82) is 5.26 Å². The fourth-order valence-corrected chi connectivity index (χ4v) is 1.44. The molecule has 0 saturated heterocycles. The first-order chi connectivity index (χ1) is 7.26. The standard InChI is InChI=1S/C11H7FN2O/c1-15-11-7(5-13)6-14-10-3-2-8(12)4-9(10)11/h2-4,6H,1H3. The molecule has 0 aliphatic heterocycles. The van der Waals surface area contributed by atoms with E-state index in [-0.39, 0.29) is 5.82 Å². The van der Waals surface area contributed by atoms with Crippen molar-refractivity contribution in [3.05, 3.63) is 35.8 Å². The first-order valence-electron chi connectivity index (χ1n) is 4.28. The van der Waals surface area contributed by atoms with Crippen LogP contribution in [0.4, 0.5) is 4.39 Å². The molecule has 15 heavy (non-hydrogen) atoms. The Labute approximate surface area is 85.7 Å². The molecular formula is C11H7FN2O. The molecule has 0 amide bonds. The Bertz CT molecular complexity index is 560. The van der Waals surface area contributed by atoms with Crippen molar-refractivity contribution in [2.45, 2.75) is 0 Å². The highest BCUT2D eigenvalue weighted by Gasteiger charge is 2.09. The van der Waals surface area contributed by atoms with Gasteiger partial charge in [0.05, 0.1) is 12.6 Å². The van der Waals surface area contributed by atoms with E-state index in [1.54, 1.807) is 6.07 Å². The molecule has 0 aliphatic carbocycles. The summed E-state index contributed by atoms with van der Waals surface area (Å²) >= 11 is 0. The van der Waals surface area contributed by atoms with Crippen LogP contribution < -0.4 is 4.74 Å². The average molecular weight is 202 g/mol. The van der Waals surface area contributed by atoms with Crippen LogP contribution in [0.25, 0.3) is 10.9 Å². The third-order valence-corrected chi connectivity index (χ3v) is 2.11. The van der Waals surface area contributed by atoms with Gasteiger partial charge >= 0.3 is 0 Å². The highest BCUT2D eigenvalue weighted by atomic mass is 19.1. The number of hydrogen-bond donors (Lipinski definition) is 0. The number of aromatic nitrogens is 1. The molecule has 1 aromatic heterocycles. The quantitative estimate of drug-likeness (QED) is 0.712. The second-order valence-electron chi connectivity index (χ2n) is 2.98. The third-order valence-electron chi connectivity index (χ3n) is 2.11. The van der Waals surface area contributed by atoms with Crippen molar-refractivity contribution in [2.24, 2.45) is 0 Å². The van der Waals surface area contributed by atoms with Crippen LogP contribution in [0.1, 0.15) is 5.56 Å². The third kappa shape index (κ3) is 1.48. The second kappa shape index (κ2) is 3.54. The molecule has 2 aromatic rings. The summed E-state index contributed by atoms with van der Waals surface area (Å²) < 4.78 is 18.1. The van der Waals surface area contributed by atoms with Gasteiger partial charge < -0.3 is 4.74 Å². The maximum absolute atomic E-state index is 13.0. The predicted octanol–water partition coefficient (Wildman–Crippen LogP) is 2.25. The molecule has 0 unspecified atom stereocenters. The molecule has 0 fully saturated rings. The van der Waals surface area contributed by atoms with Gasteiger partial charge in [0.15, 0.2) is 0 Å². The van der Waals surface area contributed by atoms with E-state index >= 15 is 0 Å². The SMILES string of the molecule is COc1c(C#N)cnc2ccc(F)cc12. The number of ether oxygens (including phenoxy) is 1. The predicted molar refractivity (Wildman–Crippen MR) is 53.0 cm³/mol. The van der Waals surface area contributed by atoms with Crippen LogP contribution in [0.5, 0.6) is 5.75 Å². The van der Waals surface area contributed by atoms with Crippen LogP contribution >= 0.6 is 0 Å². The summed E-state index contributed by atoms with van der Waals surface area (Å²) in [7, 11) is 1.44. The van der Waals surface area contributed by atoms with E-state index in [4.69, 9.17) is 10.00 Å². The fourth-order valence-electron chi connectivity index (χ4n) is 1.44. The molecule has 3 nitrogen and oxygen atoms in total. The van der Waals surface area contributed by atoms with Crippen LogP contribution in [-0.4, -0.2) is 12.1 Å². The minimum absolute atomic E-state index is 0.301. The van der Waals surface area contributed by atoms with Gasteiger partial charge in [0, 0.05) is 11.6 Å². The van der Waals surface area contributed by atoms with Crippen LogP contribution in [-0.2, 0) is 0 Å². The van der Waals surface area contributed by atoms with E-state index in [2.05, 4.69) is 4.98 Å². The van der Waals surface area contributed by atoms with Crippen LogP contribution in [0.15, 0.2) is 24.4 Å². The van der Waals surface area contributed by atoms with Gasteiger partial charge in [-0.25, -0.2) is 4.39 Å². The largest absolute Gasteiger partial charge is 0.495 e. The number of nitrogens with zero attached hydrogens (tertiary/aromatic N) is 2. The summed E-state index contributed by atoms with van der Waals surface area (Å²) in [4.78, 5) is 4.03. The van der Waals surface area contributed by atoms with Gasteiger partial charge in [0.1, 0.15) is 23.2 Å². The van der Waals surface area contributed by atoms with E-state index < -0.39 is 0 Å². The molecule has 0 saturated carbocycles. The molecular weight excluding hydrogens is 195 g/mol. The summed E-state index contributed by atoms with van der Waals surface area (Å²) in [6.07, 6.45) is 1.42. The van der Waals surface area contributed by atoms with Crippen molar-refractivity contribution in [3.63, 3.8) is 0 Å². The van der Waals surface area contributed by atoms with Gasteiger partial charge in [-0.15, -0.1) is 0 Å². The number of rotatable bonds is 1. The van der Waals surface area contributed by atoms with Crippen molar-refractivity contribution in [1.82, 2.24) is 4.98 Å². The van der Waals surface area contributed by atoms with Crippen molar-refractivity contribution in [3.8, 4) is 11.8 Å². The second-order valence-corrected chi connectivity index (χ2v) is 2.98. The number of benzene rings is 1. The van der Waals surface area contributed by atoms with Gasteiger partial charge in [0.25, 0.3) is 0 Å². The number of hydrogen-bond acceptors (Lipinski definition) is 3. The van der Waals surface area contributed by atoms with Gasteiger partial charge in [-0.05, 0) is 18.2 Å². The van der Waals surface area contributed by atoms with Gasteiger partial charge in [0.2, 0.25) is 0 Å². The molecule has 0 spiro atoms. The molecule has 0 radical (unpaired) electrons. The molecule has 1 aromatic carbocycles. The van der Waals surface area contributed by atoms with Gasteiger partial charge in [-0.1, -0.05) is 0 Å². The average Bonchev–Trinajstić information content (AvgIpc) is 2.27. The lowest BCUT2D eigenvalue weighted by Gasteiger charge is -2.06. The maximum Gasteiger partial charge on any atom is 0.147 e. The van der Waals surface area contributed by atoms with E-state index in [0.29, 0.717) is 22.2 Å². The Morgan fingerprint density at radius 1 is 1.47 bits per heavy atom. The number of methoxy groups -OCH3 is 1. The van der Waals surface area contributed by atoms with Crippen LogP contribution in [0.2, 0.25) is 0 Å². The van der Waals surface area contributed by atoms with Gasteiger partial charge in [-0.3, -0.25) is 4.98 Å². The first kappa shape index (κ1) is 9.41. The Morgan fingerprint density at radius 3 is 2.93 bits per heavy atom. The van der Waals surface area contributed by atoms with Crippen LogP contribution in [0.3, 0.4) is 0 Å². The minimum Gasteiger partial charge on any atom is -0.495 e. The summed E-state index contributed by atoms with van der Waals surface area (Å²) in [6, 6.07) is 6.13. The lowest BCUT2D eigenvalue weighted by molar-refractivity contribution is 0.418. The summed E-state index contributed by atoms with van der Waals surface area (Å²) in [5.41, 5.74) is 0.905. The number of fused-ring (bicyclic) bond motifs is 1. The van der Waals surface area contributed by atoms with Crippen LogP contribution in [0, 0.1) is 17.1 Å². The molecule has 1 heterocycles. The normalized spacial score (nSPS) is 9.93. The maximum atomic E-state index is 13.0. The highest BCUT2D eigenvalue weighted by molar-refractivity contribution is 5.87. The van der Waals surface area contributed by atoms with E-state index in [9.17, 15) is 4.39 Å². The molecule has 74 valence electrons. The molecule has 0 bridgehead atoms. The molecule has 0 atom stereocenters. The first-order valence-corrected chi connectivity index (χ1v) is 4.28. The highest BCUT2D eigenvalue weighted by Crippen LogP contribution is 2.27. The Balaban J connectivity index is 2.86. The Morgan fingerprint density at radius 2 is 2.27 bits per heavy atom. The van der Waals surface area contributed by atoms with Crippen molar-refractivity contribution < 1.29 is 9.13 Å². The number of pyridine rings is 1. The monoisotopic (exact) mass is 202 g/mol. The van der Waals surface area contributed by atoms with Crippen molar-refractivity contribution in [2.75, 3.05) is 7.11 Å². The van der Waals surface area contributed by atoms with Crippen molar-refractivity contribution >= 4 is 10.9 Å². The van der Waals surface area contributed by atoms with E-state index in [1.165, 1.54) is 25.4 Å². The minimum atomic E-state index is -0.377. The molecule has 4 heteroatoms. The Kier molecular flexibility index (Phi) is 2.22.